The summed E-state index contributed by atoms with van der Waals surface area (Å²) in [5.41, 5.74) is 7.64. The lowest BCUT2D eigenvalue weighted by Crippen LogP contribution is -2.54. The molecule has 7 unspecified atom stereocenters. The van der Waals surface area contributed by atoms with E-state index < -0.39 is 0 Å². The minimum atomic E-state index is 0.492. The van der Waals surface area contributed by atoms with E-state index in [9.17, 15) is 0 Å². The second-order valence-electron chi connectivity index (χ2n) is 12.7. The van der Waals surface area contributed by atoms with Gasteiger partial charge in [0, 0.05) is 6.04 Å². The van der Waals surface area contributed by atoms with Crippen LogP contribution in [0.25, 0.3) is 0 Å². The van der Waals surface area contributed by atoms with E-state index in [0.717, 1.165) is 41.4 Å². The van der Waals surface area contributed by atoms with Gasteiger partial charge in [0.15, 0.2) is 0 Å². The summed E-state index contributed by atoms with van der Waals surface area (Å²) in [7, 11) is 0. The summed E-state index contributed by atoms with van der Waals surface area (Å²) in [4.78, 5) is 0. The molecule has 0 heterocycles. The Hall–Kier alpha value is -0.0400. The highest BCUT2D eigenvalue weighted by atomic mass is 14.7. The van der Waals surface area contributed by atoms with E-state index in [4.69, 9.17) is 5.73 Å². The van der Waals surface area contributed by atoms with Gasteiger partial charge >= 0.3 is 0 Å². The molecule has 9 atom stereocenters. The third-order valence-corrected chi connectivity index (χ3v) is 10.9. The summed E-state index contributed by atoms with van der Waals surface area (Å²) in [6.45, 7) is 12.8. The van der Waals surface area contributed by atoms with E-state index in [-0.39, 0.29) is 0 Å². The van der Waals surface area contributed by atoms with Gasteiger partial charge in [-0.25, -0.2) is 0 Å². The first kappa shape index (κ1) is 21.2. The maximum atomic E-state index is 6.39. The second-order valence-corrected chi connectivity index (χ2v) is 12.7. The fraction of sp³-hybridized carbons (Fsp3) is 1.00. The van der Waals surface area contributed by atoms with Crippen molar-refractivity contribution in [1.82, 2.24) is 0 Å². The maximum Gasteiger partial charge on any atom is 0.00418 e. The van der Waals surface area contributed by atoms with Crippen LogP contribution in [0.15, 0.2) is 0 Å². The SMILES string of the molecule is CC(C)CCCC(C)C1CCC2C3CCC4CC(N)CC[C@]4(C)C3CC[C@]12C. The fourth-order valence-electron chi connectivity index (χ4n) is 9.32. The number of nitrogens with two attached hydrogens (primary N) is 1. The number of hydrogen-bond acceptors (Lipinski definition) is 1. The average molecular weight is 388 g/mol. The Kier molecular flexibility index (Phi) is 5.98. The van der Waals surface area contributed by atoms with Crippen molar-refractivity contribution in [1.29, 1.82) is 0 Å². The standard InChI is InChI=1S/C27H49N/c1-18(2)7-6-8-19(3)23-11-12-24-22-10-9-20-17-21(28)13-15-26(20,4)25(22)14-16-27(23,24)5/h18-25H,6-17,28H2,1-5H3/t19?,20?,21?,22?,23?,24?,25?,26-,27+/m0/s1. The van der Waals surface area contributed by atoms with Crippen LogP contribution in [0, 0.1) is 52.3 Å². The van der Waals surface area contributed by atoms with Crippen molar-refractivity contribution in [3.63, 3.8) is 0 Å². The predicted molar refractivity (Wildman–Crippen MR) is 121 cm³/mol. The Morgan fingerprint density at radius 1 is 0.821 bits per heavy atom. The Morgan fingerprint density at radius 3 is 2.29 bits per heavy atom. The van der Waals surface area contributed by atoms with Gasteiger partial charge in [0.2, 0.25) is 0 Å². The minimum absolute atomic E-state index is 0.492. The molecule has 0 saturated heterocycles. The molecule has 2 N–H and O–H groups in total. The molecule has 0 aromatic rings. The maximum absolute atomic E-state index is 6.39. The van der Waals surface area contributed by atoms with Crippen LogP contribution in [0.5, 0.6) is 0 Å². The van der Waals surface area contributed by atoms with Crippen LogP contribution in [0.2, 0.25) is 0 Å². The molecule has 1 nitrogen and oxygen atoms in total. The van der Waals surface area contributed by atoms with Gasteiger partial charge in [-0.3, -0.25) is 0 Å². The Balaban J connectivity index is 1.46. The molecule has 0 bridgehead atoms. The van der Waals surface area contributed by atoms with E-state index >= 15 is 0 Å². The van der Waals surface area contributed by atoms with Crippen LogP contribution in [-0.4, -0.2) is 6.04 Å². The lowest BCUT2D eigenvalue weighted by molar-refractivity contribution is -0.116. The normalized spacial score (nSPS) is 49.4. The summed E-state index contributed by atoms with van der Waals surface area (Å²) in [6.07, 6.45) is 17.5. The fourth-order valence-corrected chi connectivity index (χ4v) is 9.32. The molecule has 1 heteroatoms. The molecular weight excluding hydrogens is 338 g/mol. The first-order valence-corrected chi connectivity index (χ1v) is 13.0. The molecule has 0 radical (unpaired) electrons. The summed E-state index contributed by atoms with van der Waals surface area (Å²) in [5.74, 6) is 6.79. The monoisotopic (exact) mass is 387 g/mol. The second kappa shape index (κ2) is 7.90. The summed E-state index contributed by atoms with van der Waals surface area (Å²) < 4.78 is 0. The zero-order chi connectivity index (χ0) is 20.1. The largest absolute Gasteiger partial charge is 0.328 e. The molecule has 4 aliphatic rings. The van der Waals surface area contributed by atoms with Gasteiger partial charge in [-0.05, 0) is 110 Å². The first-order valence-electron chi connectivity index (χ1n) is 13.0. The topological polar surface area (TPSA) is 26.0 Å². The van der Waals surface area contributed by atoms with Crippen LogP contribution in [0.4, 0.5) is 0 Å². The molecule has 28 heavy (non-hydrogen) atoms. The Bertz CT molecular complexity index is 540. The van der Waals surface area contributed by atoms with Crippen molar-refractivity contribution in [2.24, 2.45) is 58.0 Å². The molecule has 4 saturated carbocycles. The number of hydrogen-bond donors (Lipinski definition) is 1. The molecule has 0 aliphatic heterocycles. The van der Waals surface area contributed by atoms with Crippen LogP contribution in [0.1, 0.15) is 112 Å². The van der Waals surface area contributed by atoms with Crippen molar-refractivity contribution in [2.75, 3.05) is 0 Å². The van der Waals surface area contributed by atoms with E-state index in [0.29, 0.717) is 16.9 Å². The van der Waals surface area contributed by atoms with E-state index in [1.165, 1.54) is 77.0 Å². The van der Waals surface area contributed by atoms with Crippen molar-refractivity contribution < 1.29 is 0 Å². The van der Waals surface area contributed by atoms with Gasteiger partial charge < -0.3 is 5.73 Å². The molecule has 4 fully saturated rings. The van der Waals surface area contributed by atoms with Gasteiger partial charge in [0.05, 0.1) is 0 Å². The molecule has 4 aliphatic carbocycles. The van der Waals surface area contributed by atoms with Gasteiger partial charge in [-0.1, -0.05) is 53.9 Å². The molecule has 0 spiro atoms. The zero-order valence-electron chi connectivity index (χ0n) is 19.7. The lowest BCUT2D eigenvalue weighted by atomic mass is 9.44. The van der Waals surface area contributed by atoms with Gasteiger partial charge in [-0.15, -0.1) is 0 Å². The molecule has 0 aromatic carbocycles. The summed E-state index contributed by atoms with van der Waals surface area (Å²) in [5, 5.41) is 0. The predicted octanol–water partition coefficient (Wildman–Crippen LogP) is 7.44. The molecule has 162 valence electrons. The van der Waals surface area contributed by atoms with E-state index in [1.54, 1.807) is 0 Å². The van der Waals surface area contributed by atoms with E-state index in [2.05, 4.69) is 34.6 Å². The zero-order valence-corrected chi connectivity index (χ0v) is 19.7. The number of rotatable bonds is 5. The number of fused-ring (bicyclic) bond motifs is 5. The van der Waals surface area contributed by atoms with Crippen molar-refractivity contribution >= 4 is 0 Å². The van der Waals surface area contributed by atoms with Gasteiger partial charge in [-0.2, -0.15) is 0 Å². The molecule has 0 amide bonds. The van der Waals surface area contributed by atoms with Gasteiger partial charge in [0.1, 0.15) is 0 Å². The minimum Gasteiger partial charge on any atom is -0.328 e. The quantitative estimate of drug-likeness (QED) is 0.521. The smallest absolute Gasteiger partial charge is 0.00418 e. The highest BCUT2D eigenvalue weighted by Gasteiger charge is 2.60. The highest BCUT2D eigenvalue weighted by molar-refractivity contribution is 5.09. The molecule has 0 aromatic heterocycles. The average Bonchev–Trinajstić information content (AvgIpc) is 2.99. The van der Waals surface area contributed by atoms with Crippen molar-refractivity contribution in [2.45, 2.75) is 118 Å². The van der Waals surface area contributed by atoms with Crippen LogP contribution in [0.3, 0.4) is 0 Å². The van der Waals surface area contributed by atoms with Gasteiger partial charge in [0.25, 0.3) is 0 Å². The lowest BCUT2D eigenvalue weighted by Gasteiger charge is -2.61. The van der Waals surface area contributed by atoms with Crippen LogP contribution >= 0.6 is 0 Å². The third kappa shape index (κ3) is 3.50. The summed E-state index contributed by atoms with van der Waals surface area (Å²) in [6, 6.07) is 0.492. The van der Waals surface area contributed by atoms with Crippen molar-refractivity contribution in [3.05, 3.63) is 0 Å². The van der Waals surface area contributed by atoms with Crippen LogP contribution < -0.4 is 5.73 Å². The molecule has 4 rings (SSSR count). The Labute approximate surface area is 176 Å². The Morgan fingerprint density at radius 2 is 1.54 bits per heavy atom. The first-order chi connectivity index (χ1) is 13.3. The third-order valence-electron chi connectivity index (χ3n) is 10.9. The van der Waals surface area contributed by atoms with Crippen molar-refractivity contribution in [3.8, 4) is 0 Å². The van der Waals surface area contributed by atoms with E-state index in [1.807, 2.05) is 0 Å². The molecular formula is C27H49N. The summed E-state index contributed by atoms with van der Waals surface area (Å²) >= 11 is 0. The van der Waals surface area contributed by atoms with Crippen LogP contribution in [-0.2, 0) is 0 Å². The highest BCUT2D eigenvalue weighted by Crippen LogP contribution is 2.68.